The van der Waals surface area contributed by atoms with E-state index in [0.29, 0.717) is 37.5 Å². The highest BCUT2D eigenvalue weighted by atomic mass is 32.2. The predicted molar refractivity (Wildman–Crippen MR) is 66.8 cm³/mol. The van der Waals surface area contributed by atoms with Gasteiger partial charge >= 0.3 is 0 Å². The van der Waals surface area contributed by atoms with Gasteiger partial charge in [-0.1, -0.05) is 11.6 Å². The molecule has 2 N–H and O–H groups in total. The highest BCUT2D eigenvalue weighted by Gasteiger charge is 2.30. The monoisotopic (exact) mass is 273 g/mol. The van der Waals surface area contributed by atoms with Crippen molar-refractivity contribution in [2.75, 3.05) is 12.3 Å². The van der Waals surface area contributed by atoms with Crippen LogP contribution in [0.3, 0.4) is 0 Å². The molecule has 1 unspecified atom stereocenters. The summed E-state index contributed by atoms with van der Waals surface area (Å²) >= 11 is 0. The Balaban J connectivity index is 1.98. The van der Waals surface area contributed by atoms with E-state index < -0.39 is 9.84 Å². The maximum atomic E-state index is 11.9. The van der Waals surface area contributed by atoms with Crippen LogP contribution in [0.25, 0.3) is 0 Å². The number of hydrogen-bond acceptors (Lipinski definition) is 6. The van der Waals surface area contributed by atoms with Crippen molar-refractivity contribution in [1.29, 1.82) is 0 Å². The summed E-state index contributed by atoms with van der Waals surface area (Å²) in [7, 11) is -2.97. The molecule has 1 aromatic rings. The molecule has 18 heavy (non-hydrogen) atoms. The highest BCUT2D eigenvalue weighted by molar-refractivity contribution is 7.92. The summed E-state index contributed by atoms with van der Waals surface area (Å²) in [6, 6.07) is 0. The van der Waals surface area contributed by atoms with Crippen molar-refractivity contribution in [3.05, 3.63) is 11.7 Å². The maximum Gasteiger partial charge on any atom is 0.226 e. The molecule has 2 heterocycles. The van der Waals surface area contributed by atoms with E-state index in [4.69, 9.17) is 10.3 Å². The Hall–Kier alpha value is -0.950. The molecule has 1 aliphatic heterocycles. The van der Waals surface area contributed by atoms with Crippen LogP contribution in [0.2, 0.25) is 0 Å². The highest BCUT2D eigenvalue weighted by Crippen LogP contribution is 2.22. The van der Waals surface area contributed by atoms with Gasteiger partial charge in [0.15, 0.2) is 15.7 Å². The average Bonchev–Trinajstić information content (AvgIpc) is 2.77. The summed E-state index contributed by atoms with van der Waals surface area (Å²) in [5.74, 6) is 1.33. The molecule has 0 aliphatic carbocycles. The van der Waals surface area contributed by atoms with E-state index in [1.54, 1.807) is 0 Å². The summed E-state index contributed by atoms with van der Waals surface area (Å²) in [6.07, 6.45) is 4.25. The Labute approximate surface area is 107 Å². The summed E-state index contributed by atoms with van der Waals surface area (Å²) < 4.78 is 28.8. The van der Waals surface area contributed by atoms with Gasteiger partial charge in [0.05, 0.1) is 11.0 Å². The first-order valence-corrected chi connectivity index (χ1v) is 8.06. The minimum Gasteiger partial charge on any atom is -0.339 e. The normalized spacial score (nSPS) is 23.1. The molecule has 1 aromatic heterocycles. The number of sulfone groups is 1. The van der Waals surface area contributed by atoms with Crippen LogP contribution in [0.1, 0.15) is 37.4 Å². The molecule has 1 saturated heterocycles. The molecule has 0 amide bonds. The first kappa shape index (κ1) is 13.5. The van der Waals surface area contributed by atoms with E-state index in [0.717, 1.165) is 19.3 Å². The molecule has 0 radical (unpaired) electrons. The Bertz CT molecular complexity index is 483. The minimum atomic E-state index is -2.97. The fraction of sp³-hybridized carbons (Fsp3) is 0.818. The first-order chi connectivity index (χ1) is 8.62. The van der Waals surface area contributed by atoms with Crippen LogP contribution in [-0.4, -0.2) is 36.1 Å². The fourth-order valence-electron chi connectivity index (χ4n) is 2.18. The third kappa shape index (κ3) is 3.29. The average molecular weight is 273 g/mol. The molecule has 7 heteroatoms. The van der Waals surface area contributed by atoms with Crippen LogP contribution in [0, 0.1) is 0 Å². The van der Waals surface area contributed by atoms with Gasteiger partial charge in [-0.15, -0.1) is 0 Å². The molecule has 1 atom stereocenters. The van der Waals surface area contributed by atoms with E-state index in [1.807, 2.05) is 0 Å². The second kappa shape index (κ2) is 5.79. The number of nitrogens with zero attached hydrogens (tertiary/aromatic N) is 2. The van der Waals surface area contributed by atoms with Crippen LogP contribution in [-0.2, 0) is 22.7 Å². The van der Waals surface area contributed by atoms with Crippen LogP contribution < -0.4 is 5.73 Å². The van der Waals surface area contributed by atoms with Crippen LogP contribution in [0.5, 0.6) is 0 Å². The number of rotatable bonds is 5. The van der Waals surface area contributed by atoms with Crippen molar-refractivity contribution in [1.82, 2.24) is 10.1 Å². The smallest absolute Gasteiger partial charge is 0.226 e. The third-order valence-corrected chi connectivity index (χ3v) is 5.50. The molecular weight excluding hydrogens is 254 g/mol. The van der Waals surface area contributed by atoms with Gasteiger partial charge in [-0.25, -0.2) is 8.42 Å². The van der Waals surface area contributed by atoms with Gasteiger partial charge < -0.3 is 10.3 Å². The minimum absolute atomic E-state index is 0.287. The lowest BCUT2D eigenvalue weighted by Gasteiger charge is -2.20. The third-order valence-electron chi connectivity index (χ3n) is 3.23. The predicted octanol–water partition coefficient (Wildman–Crippen LogP) is 0.471. The Morgan fingerprint density at radius 2 is 2.22 bits per heavy atom. The van der Waals surface area contributed by atoms with Crippen molar-refractivity contribution in [2.45, 2.75) is 43.8 Å². The zero-order valence-corrected chi connectivity index (χ0v) is 11.2. The second-order valence-corrected chi connectivity index (χ2v) is 7.09. The topological polar surface area (TPSA) is 99.1 Å². The number of aromatic nitrogens is 2. The van der Waals surface area contributed by atoms with Gasteiger partial charge in [-0.05, 0) is 25.8 Å². The SMILES string of the molecule is NCCCc1nc(CC2CCCCS2(=O)=O)no1. The van der Waals surface area contributed by atoms with E-state index >= 15 is 0 Å². The standard InChI is InChI=1S/C11H19N3O3S/c12-6-3-5-11-13-10(14-17-11)8-9-4-1-2-7-18(9,15)16/h9H,1-8,12H2. The van der Waals surface area contributed by atoms with E-state index in [2.05, 4.69) is 10.1 Å². The Morgan fingerprint density at radius 1 is 1.39 bits per heavy atom. The molecule has 102 valence electrons. The van der Waals surface area contributed by atoms with Gasteiger partial charge in [0, 0.05) is 12.8 Å². The van der Waals surface area contributed by atoms with Gasteiger partial charge in [0.2, 0.25) is 5.89 Å². The van der Waals surface area contributed by atoms with Crippen molar-refractivity contribution in [3.8, 4) is 0 Å². The molecule has 0 aromatic carbocycles. The van der Waals surface area contributed by atoms with E-state index in [9.17, 15) is 8.42 Å². The fourth-order valence-corrected chi connectivity index (χ4v) is 4.05. The number of aryl methyl sites for hydroxylation is 1. The van der Waals surface area contributed by atoms with Crippen LogP contribution in [0.15, 0.2) is 4.52 Å². The Morgan fingerprint density at radius 3 is 2.94 bits per heavy atom. The first-order valence-electron chi connectivity index (χ1n) is 6.35. The molecular formula is C11H19N3O3S. The zero-order chi connectivity index (χ0) is 13.0. The molecule has 1 aliphatic rings. The van der Waals surface area contributed by atoms with Gasteiger partial charge in [0.25, 0.3) is 0 Å². The van der Waals surface area contributed by atoms with Gasteiger partial charge in [-0.2, -0.15) is 4.98 Å². The van der Waals surface area contributed by atoms with Crippen LogP contribution in [0.4, 0.5) is 0 Å². The molecule has 1 fully saturated rings. The largest absolute Gasteiger partial charge is 0.339 e. The lowest BCUT2D eigenvalue weighted by Crippen LogP contribution is -2.30. The van der Waals surface area contributed by atoms with Gasteiger partial charge in [0.1, 0.15) is 0 Å². The summed E-state index contributed by atoms with van der Waals surface area (Å²) in [4.78, 5) is 4.21. The summed E-state index contributed by atoms with van der Waals surface area (Å²) in [6.45, 7) is 0.578. The van der Waals surface area contributed by atoms with Crippen molar-refractivity contribution in [3.63, 3.8) is 0 Å². The lowest BCUT2D eigenvalue weighted by molar-refractivity contribution is 0.370. The number of hydrogen-bond donors (Lipinski definition) is 1. The van der Waals surface area contributed by atoms with E-state index in [-0.39, 0.29) is 11.0 Å². The number of nitrogens with two attached hydrogens (primary N) is 1. The molecule has 6 nitrogen and oxygen atoms in total. The molecule has 0 saturated carbocycles. The molecule has 2 rings (SSSR count). The van der Waals surface area contributed by atoms with Gasteiger partial charge in [-0.3, -0.25) is 0 Å². The summed E-state index contributed by atoms with van der Waals surface area (Å²) in [5.41, 5.74) is 5.40. The summed E-state index contributed by atoms with van der Waals surface area (Å²) in [5, 5.41) is 3.50. The van der Waals surface area contributed by atoms with Crippen molar-refractivity contribution in [2.24, 2.45) is 5.73 Å². The maximum absolute atomic E-state index is 11.9. The van der Waals surface area contributed by atoms with Crippen LogP contribution >= 0.6 is 0 Å². The Kier molecular flexibility index (Phi) is 4.34. The lowest BCUT2D eigenvalue weighted by atomic mass is 10.1. The van der Waals surface area contributed by atoms with Crippen molar-refractivity contribution >= 4 is 9.84 Å². The molecule has 0 bridgehead atoms. The van der Waals surface area contributed by atoms with E-state index in [1.165, 1.54) is 0 Å². The zero-order valence-electron chi connectivity index (χ0n) is 10.3. The van der Waals surface area contributed by atoms with Crippen molar-refractivity contribution < 1.29 is 12.9 Å². The quantitative estimate of drug-likeness (QED) is 0.837. The second-order valence-electron chi connectivity index (χ2n) is 4.69. The molecule has 0 spiro atoms.